The lowest BCUT2D eigenvalue weighted by Crippen LogP contribution is -2.30. The Morgan fingerprint density at radius 2 is 1.68 bits per heavy atom. The van der Waals surface area contributed by atoms with Crippen LogP contribution in [0.4, 0.5) is 5.69 Å². The van der Waals surface area contributed by atoms with Gasteiger partial charge in [0.2, 0.25) is 0 Å². The maximum atomic E-state index is 5.52. The molecular weight excluding hydrogens is 242 g/mol. The second-order valence-corrected chi connectivity index (χ2v) is 4.82. The van der Waals surface area contributed by atoms with Crippen molar-refractivity contribution < 1.29 is 14.2 Å². The third-order valence-corrected chi connectivity index (χ3v) is 2.91. The fourth-order valence-corrected chi connectivity index (χ4v) is 1.68. The molecule has 0 aliphatic carbocycles. The van der Waals surface area contributed by atoms with E-state index in [1.165, 1.54) is 0 Å². The van der Waals surface area contributed by atoms with Crippen LogP contribution in [0.15, 0.2) is 24.3 Å². The molecule has 0 aliphatic heterocycles. The molecule has 0 fully saturated rings. The van der Waals surface area contributed by atoms with E-state index in [1.807, 2.05) is 24.3 Å². The maximum Gasteiger partial charge on any atom is 0.119 e. The molecule has 0 spiro atoms. The third-order valence-electron chi connectivity index (χ3n) is 2.91. The van der Waals surface area contributed by atoms with Gasteiger partial charge in [0.1, 0.15) is 12.4 Å². The third kappa shape index (κ3) is 5.94. The van der Waals surface area contributed by atoms with Crippen LogP contribution in [-0.4, -0.2) is 40.1 Å². The summed E-state index contributed by atoms with van der Waals surface area (Å²) in [6, 6.07) is 8.27. The van der Waals surface area contributed by atoms with Gasteiger partial charge >= 0.3 is 0 Å². The van der Waals surface area contributed by atoms with Gasteiger partial charge in [0.15, 0.2) is 0 Å². The van der Waals surface area contributed by atoms with Crippen molar-refractivity contribution in [2.75, 3.05) is 39.4 Å². The molecule has 0 aromatic heterocycles. The highest BCUT2D eigenvalue weighted by Crippen LogP contribution is 2.18. The van der Waals surface area contributed by atoms with E-state index in [9.17, 15) is 0 Å². The Labute approximate surface area is 116 Å². The van der Waals surface area contributed by atoms with Crippen molar-refractivity contribution in [1.82, 2.24) is 0 Å². The number of benzene rings is 1. The highest BCUT2D eigenvalue weighted by molar-refractivity contribution is 5.47. The lowest BCUT2D eigenvalue weighted by atomic mass is 10.1. The fraction of sp³-hybridized carbons (Fsp3) is 0.600. The molecule has 0 heterocycles. The molecule has 4 heteroatoms. The standard InChI is InChI=1S/C15H25NO3/c1-12(2)15(11-18-4)16-13-5-7-14(8-6-13)19-10-9-17-3/h5-8,12,15-16H,9-11H2,1-4H3. The minimum Gasteiger partial charge on any atom is -0.491 e. The molecule has 0 amide bonds. The van der Waals surface area contributed by atoms with E-state index in [0.29, 0.717) is 31.8 Å². The Bertz CT molecular complexity index is 338. The Hall–Kier alpha value is -1.26. The number of hydrogen-bond acceptors (Lipinski definition) is 4. The summed E-state index contributed by atoms with van der Waals surface area (Å²) in [5.74, 6) is 1.37. The van der Waals surface area contributed by atoms with Gasteiger partial charge in [0, 0.05) is 19.9 Å². The van der Waals surface area contributed by atoms with Gasteiger partial charge in [0.25, 0.3) is 0 Å². The maximum absolute atomic E-state index is 5.52. The van der Waals surface area contributed by atoms with Gasteiger partial charge in [-0.1, -0.05) is 13.8 Å². The van der Waals surface area contributed by atoms with E-state index in [1.54, 1.807) is 14.2 Å². The molecule has 0 bridgehead atoms. The molecule has 1 unspecified atom stereocenters. The first kappa shape index (κ1) is 15.8. The van der Waals surface area contributed by atoms with Gasteiger partial charge < -0.3 is 19.5 Å². The zero-order chi connectivity index (χ0) is 14.1. The topological polar surface area (TPSA) is 39.7 Å². The molecule has 0 saturated heterocycles. The monoisotopic (exact) mass is 267 g/mol. The average molecular weight is 267 g/mol. The van der Waals surface area contributed by atoms with Crippen LogP contribution >= 0.6 is 0 Å². The second-order valence-electron chi connectivity index (χ2n) is 4.82. The lowest BCUT2D eigenvalue weighted by molar-refractivity contribution is 0.146. The Balaban J connectivity index is 2.50. The van der Waals surface area contributed by atoms with E-state index >= 15 is 0 Å². The highest BCUT2D eigenvalue weighted by Gasteiger charge is 2.12. The number of rotatable bonds is 9. The van der Waals surface area contributed by atoms with Crippen molar-refractivity contribution >= 4 is 5.69 Å². The summed E-state index contributed by atoms with van der Waals surface area (Å²) in [6.07, 6.45) is 0. The van der Waals surface area contributed by atoms with Gasteiger partial charge in [-0.25, -0.2) is 0 Å². The van der Waals surface area contributed by atoms with Crippen molar-refractivity contribution in [1.29, 1.82) is 0 Å². The molecular formula is C15H25NO3. The van der Waals surface area contributed by atoms with Gasteiger partial charge in [-0.2, -0.15) is 0 Å². The summed E-state index contributed by atoms with van der Waals surface area (Å²) in [4.78, 5) is 0. The molecule has 1 N–H and O–H groups in total. The smallest absolute Gasteiger partial charge is 0.119 e. The van der Waals surface area contributed by atoms with E-state index in [0.717, 1.165) is 11.4 Å². The zero-order valence-electron chi connectivity index (χ0n) is 12.3. The van der Waals surface area contributed by atoms with Crippen LogP contribution < -0.4 is 10.1 Å². The summed E-state index contributed by atoms with van der Waals surface area (Å²) >= 11 is 0. The van der Waals surface area contributed by atoms with Crippen LogP contribution in [0.25, 0.3) is 0 Å². The summed E-state index contributed by atoms with van der Waals surface area (Å²) in [5.41, 5.74) is 1.08. The van der Waals surface area contributed by atoms with E-state index < -0.39 is 0 Å². The Kier molecular flexibility index (Phi) is 7.30. The number of methoxy groups -OCH3 is 2. The first-order chi connectivity index (χ1) is 9.17. The zero-order valence-corrected chi connectivity index (χ0v) is 12.3. The molecule has 4 nitrogen and oxygen atoms in total. The lowest BCUT2D eigenvalue weighted by Gasteiger charge is -2.22. The van der Waals surface area contributed by atoms with Crippen molar-refractivity contribution in [3.63, 3.8) is 0 Å². The molecule has 0 aliphatic rings. The Morgan fingerprint density at radius 3 is 2.21 bits per heavy atom. The first-order valence-corrected chi connectivity index (χ1v) is 6.64. The van der Waals surface area contributed by atoms with Gasteiger partial charge in [-0.05, 0) is 30.2 Å². The van der Waals surface area contributed by atoms with Crippen molar-refractivity contribution in [3.05, 3.63) is 24.3 Å². The fourth-order valence-electron chi connectivity index (χ4n) is 1.68. The van der Waals surface area contributed by atoms with Gasteiger partial charge in [-0.15, -0.1) is 0 Å². The van der Waals surface area contributed by atoms with E-state index in [4.69, 9.17) is 14.2 Å². The van der Waals surface area contributed by atoms with Crippen LogP contribution in [0.1, 0.15) is 13.8 Å². The normalized spacial score (nSPS) is 12.5. The number of nitrogens with one attached hydrogen (secondary N) is 1. The molecule has 108 valence electrons. The first-order valence-electron chi connectivity index (χ1n) is 6.64. The quantitative estimate of drug-likeness (QED) is 0.698. The van der Waals surface area contributed by atoms with Crippen LogP contribution in [0, 0.1) is 5.92 Å². The second kappa shape index (κ2) is 8.77. The molecule has 1 aromatic rings. The van der Waals surface area contributed by atoms with Gasteiger partial charge in [0.05, 0.1) is 19.3 Å². The Morgan fingerprint density at radius 1 is 1.00 bits per heavy atom. The van der Waals surface area contributed by atoms with E-state index in [-0.39, 0.29) is 0 Å². The highest BCUT2D eigenvalue weighted by atomic mass is 16.5. The molecule has 0 radical (unpaired) electrons. The molecule has 19 heavy (non-hydrogen) atoms. The molecule has 1 aromatic carbocycles. The molecule has 1 rings (SSSR count). The predicted molar refractivity (Wildman–Crippen MR) is 77.9 cm³/mol. The molecule has 1 atom stereocenters. The van der Waals surface area contributed by atoms with Gasteiger partial charge in [-0.3, -0.25) is 0 Å². The summed E-state index contributed by atoms with van der Waals surface area (Å²) in [7, 11) is 3.39. The van der Waals surface area contributed by atoms with Crippen LogP contribution in [0.5, 0.6) is 5.75 Å². The summed E-state index contributed by atoms with van der Waals surface area (Å²) in [6.45, 7) is 6.23. The van der Waals surface area contributed by atoms with Crippen LogP contribution in [0.2, 0.25) is 0 Å². The number of anilines is 1. The predicted octanol–water partition coefficient (Wildman–Crippen LogP) is 2.79. The van der Waals surface area contributed by atoms with Crippen LogP contribution in [0.3, 0.4) is 0 Å². The summed E-state index contributed by atoms with van der Waals surface area (Å²) in [5, 5.41) is 3.47. The molecule has 0 saturated carbocycles. The van der Waals surface area contributed by atoms with Crippen molar-refractivity contribution in [2.24, 2.45) is 5.92 Å². The largest absolute Gasteiger partial charge is 0.491 e. The average Bonchev–Trinajstić information content (AvgIpc) is 2.40. The SMILES string of the molecule is COCCOc1ccc(NC(COC)C(C)C)cc1. The minimum absolute atomic E-state index is 0.310. The van der Waals surface area contributed by atoms with Crippen LogP contribution in [-0.2, 0) is 9.47 Å². The van der Waals surface area contributed by atoms with Crippen molar-refractivity contribution in [2.45, 2.75) is 19.9 Å². The van der Waals surface area contributed by atoms with Crippen molar-refractivity contribution in [3.8, 4) is 5.75 Å². The number of hydrogen-bond donors (Lipinski definition) is 1. The summed E-state index contributed by atoms with van der Waals surface area (Å²) < 4.78 is 15.7. The number of ether oxygens (including phenoxy) is 3. The minimum atomic E-state index is 0.310. The van der Waals surface area contributed by atoms with E-state index in [2.05, 4.69) is 19.2 Å².